The van der Waals surface area contributed by atoms with Gasteiger partial charge < -0.3 is 10.6 Å². The van der Waals surface area contributed by atoms with E-state index in [1.807, 2.05) is 0 Å². The van der Waals surface area contributed by atoms with Crippen molar-refractivity contribution in [3.8, 4) is 0 Å². The summed E-state index contributed by atoms with van der Waals surface area (Å²) in [5.74, 6) is 1.04. The third-order valence-electron chi connectivity index (χ3n) is 2.45. The Hall–Kier alpha value is -1.65. The molecular weight excluding hydrogens is 228 g/mol. The highest BCUT2D eigenvalue weighted by molar-refractivity contribution is 5.93. The lowest BCUT2D eigenvalue weighted by Crippen LogP contribution is -2.25. The summed E-state index contributed by atoms with van der Waals surface area (Å²) in [6, 6.07) is 0. The SMILES string of the molecule is CCCNc1ncc(C(=O)NCCC(C)C)cn1. The third-order valence-corrected chi connectivity index (χ3v) is 2.45. The molecule has 0 aromatic carbocycles. The van der Waals surface area contributed by atoms with Crippen molar-refractivity contribution in [3.05, 3.63) is 18.0 Å². The van der Waals surface area contributed by atoms with Gasteiger partial charge in [0.25, 0.3) is 5.91 Å². The van der Waals surface area contributed by atoms with Crippen molar-refractivity contribution >= 4 is 11.9 Å². The zero-order valence-corrected chi connectivity index (χ0v) is 11.4. The minimum Gasteiger partial charge on any atom is -0.354 e. The summed E-state index contributed by atoms with van der Waals surface area (Å²) in [7, 11) is 0. The fourth-order valence-electron chi connectivity index (χ4n) is 1.35. The number of amides is 1. The van der Waals surface area contributed by atoms with E-state index in [0.717, 1.165) is 19.4 Å². The van der Waals surface area contributed by atoms with Gasteiger partial charge in [-0.05, 0) is 18.8 Å². The fraction of sp³-hybridized carbons (Fsp3) is 0.615. The largest absolute Gasteiger partial charge is 0.354 e. The van der Waals surface area contributed by atoms with Crippen LogP contribution in [0, 0.1) is 5.92 Å². The van der Waals surface area contributed by atoms with Gasteiger partial charge in [-0.3, -0.25) is 4.79 Å². The van der Waals surface area contributed by atoms with Gasteiger partial charge >= 0.3 is 0 Å². The molecule has 0 aliphatic rings. The van der Waals surface area contributed by atoms with Crippen molar-refractivity contribution in [2.75, 3.05) is 18.4 Å². The zero-order valence-electron chi connectivity index (χ0n) is 11.4. The van der Waals surface area contributed by atoms with Crippen molar-refractivity contribution < 1.29 is 4.79 Å². The molecule has 0 aliphatic heterocycles. The van der Waals surface area contributed by atoms with Crippen molar-refractivity contribution in [2.24, 2.45) is 5.92 Å². The molecule has 1 aromatic heterocycles. The Morgan fingerprint density at radius 2 is 1.94 bits per heavy atom. The highest BCUT2D eigenvalue weighted by atomic mass is 16.1. The Bertz CT molecular complexity index is 362. The van der Waals surface area contributed by atoms with E-state index in [0.29, 0.717) is 24.0 Å². The monoisotopic (exact) mass is 250 g/mol. The maximum Gasteiger partial charge on any atom is 0.254 e. The van der Waals surface area contributed by atoms with E-state index < -0.39 is 0 Å². The molecule has 0 fully saturated rings. The average molecular weight is 250 g/mol. The van der Waals surface area contributed by atoms with E-state index >= 15 is 0 Å². The molecule has 5 heteroatoms. The number of hydrogen-bond acceptors (Lipinski definition) is 4. The fourth-order valence-corrected chi connectivity index (χ4v) is 1.35. The molecular formula is C13H22N4O. The molecule has 0 spiro atoms. The smallest absolute Gasteiger partial charge is 0.254 e. The summed E-state index contributed by atoms with van der Waals surface area (Å²) in [5.41, 5.74) is 0.501. The first-order chi connectivity index (χ1) is 8.63. The van der Waals surface area contributed by atoms with Crippen LogP contribution in [0.1, 0.15) is 44.0 Å². The lowest BCUT2D eigenvalue weighted by Gasteiger charge is -2.07. The van der Waals surface area contributed by atoms with Crippen molar-refractivity contribution in [1.29, 1.82) is 0 Å². The Morgan fingerprint density at radius 3 is 2.50 bits per heavy atom. The van der Waals surface area contributed by atoms with Gasteiger partial charge in [-0.15, -0.1) is 0 Å². The van der Waals surface area contributed by atoms with Crippen LogP contribution in [0.3, 0.4) is 0 Å². The number of aromatic nitrogens is 2. The van der Waals surface area contributed by atoms with E-state index in [2.05, 4.69) is 41.4 Å². The number of nitrogens with one attached hydrogen (secondary N) is 2. The highest BCUT2D eigenvalue weighted by Gasteiger charge is 2.06. The number of anilines is 1. The molecule has 0 bridgehead atoms. The summed E-state index contributed by atoms with van der Waals surface area (Å²) < 4.78 is 0. The molecule has 0 saturated carbocycles. The van der Waals surface area contributed by atoms with E-state index in [1.54, 1.807) is 12.4 Å². The van der Waals surface area contributed by atoms with Gasteiger partial charge in [-0.2, -0.15) is 0 Å². The predicted molar refractivity (Wildman–Crippen MR) is 72.6 cm³/mol. The highest BCUT2D eigenvalue weighted by Crippen LogP contribution is 2.01. The van der Waals surface area contributed by atoms with E-state index in [9.17, 15) is 4.79 Å². The van der Waals surface area contributed by atoms with Gasteiger partial charge in [0, 0.05) is 25.5 Å². The lowest BCUT2D eigenvalue weighted by molar-refractivity contribution is 0.0951. The quantitative estimate of drug-likeness (QED) is 0.777. The van der Waals surface area contributed by atoms with Crippen molar-refractivity contribution in [2.45, 2.75) is 33.6 Å². The van der Waals surface area contributed by atoms with Crippen LogP contribution in [0.2, 0.25) is 0 Å². The number of carbonyl (C=O) groups is 1. The van der Waals surface area contributed by atoms with Crippen LogP contribution < -0.4 is 10.6 Å². The molecule has 1 amide bonds. The Morgan fingerprint density at radius 1 is 1.28 bits per heavy atom. The van der Waals surface area contributed by atoms with Gasteiger partial charge in [-0.1, -0.05) is 20.8 Å². The first kappa shape index (κ1) is 14.4. The zero-order chi connectivity index (χ0) is 13.4. The van der Waals surface area contributed by atoms with Crippen LogP contribution in [-0.2, 0) is 0 Å². The molecule has 5 nitrogen and oxygen atoms in total. The summed E-state index contributed by atoms with van der Waals surface area (Å²) in [5, 5.41) is 5.92. The topological polar surface area (TPSA) is 66.9 Å². The van der Waals surface area contributed by atoms with Crippen LogP contribution in [0.5, 0.6) is 0 Å². The first-order valence-electron chi connectivity index (χ1n) is 6.47. The minimum atomic E-state index is -0.113. The molecule has 1 heterocycles. The molecule has 0 unspecified atom stereocenters. The average Bonchev–Trinajstić information content (AvgIpc) is 2.36. The molecule has 0 radical (unpaired) electrons. The van der Waals surface area contributed by atoms with Gasteiger partial charge in [0.2, 0.25) is 5.95 Å². The van der Waals surface area contributed by atoms with Crippen LogP contribution in [0.15, 0.2) is 12.4 Å². The minimum absolute atomic E-state index is 0.113. The lowest BCUT2D eigenvalue weighted by atomic mass is 10.1. The Balaban J connectivity index is 2.43. The van der Waals surface area contributed by atoms with E-state index in [-0.39, 0.29) is 5.91 Å². The van der Waals surface area contributed by atoms with Crippen molar-refractivity contribution in [1.82, 2.24) is 15.3 Å². The number of nitrogens with zero attached hydrogens (tertiary/aromatic N) is 2. The van der Waals surface area contributed by atoms with E-state index in [4.69, 9.17) is 0 Å². The molecule has 100 valence electrons. The molecule has 0 atom stereocenters. The maximum atomic E-state index is 11.7. The second kappa shape index (κ2) is 7.63. The molecule has 0 aliphatic carbocycles. The number of carbonyl (C=O) groups excluding carboxylic acids is 1. The van der Waals surface area contributed by atoms with Gasteiger partial charge in [0.15, 0.2) is 0 Å². The van der Waals surface area contributed by atoms with Crippen molar-refractivity contribution in [3.63, 3.8) is 0 Å². The Kier molecular flexibility index (Phi) is 6.11. The molecule has 0 saturated heterocycles. The second-order valence-electron chi connectivity index (χ2n) is 4.66. The summed E-state index contributed by atoms with van der Waals surface area (Å²) in [6.45, 7) is 7.85. The molecule has 1 aromatic rings. The number of rotatable bonds is 7. The second-order valence-corrected chi connectivity index (χ2v) is 4.66. The normalized spacial score (nSPS) is 10.4. The van der Waals surface area contributed by atoms with Gasteiger partial charge in [0.05, 0.1) is 5.56 Å². The Labute approximate surface area is 108 Å². The van der Waals surface area contributed by atoms with Gasteiger partial charge in [-0.25, -0.2) is 9.97 Å². The maximum absolute atomic E-state index is 11.7. The summed E-state index contributed by atoms with van der Waals surface area (Å²) in [6.07, 6.45) is 5.09. The van der Waals surface area contributed by atoms with Gasteiger partial charge in [0.1, 0.15) is 0 Å². The van der Waals surface area contributed by atoms with Crippen LogP contribution >= 0.6 is 0 Å². The predicted octanol–water partition coefficient (Wildman–Crippen LogP) is 2.07. The number of hydrogen-bond donors (Lipinski definition) is 2. The standard InChI is InChI=1S/C13H22N4O/c1-4-6-15-13-16-8-11(9-17-13)12(18)14-7-5-10(2)3/h8-10H,4-7H2,1-3H3,(H,14,18)(H,15,16,17). The first-order valence-corrected chi connectivity index (χ1v) is 6.47. The molecule has 2 N–H and O–H groups in total. The van der Waals surface area contributed by atoms with Crippen LogP contribution in [0.25, 0.3) is 0 Å². The third kappa shape index (κ3) is 5.12. The molecule has 18 heavy (non-hydrogen) atoms. The van der Waals surface area contributed by atoms with Crippen LogP contribution in [0.4, 0.5) is 5.95 Å². The summed E-state index contributed by atoms with van der Waals surface area (Å²) >= 11 is 0. The summed E-state index contributed by atoms with van der Waals surface area (Å²) in [4.78, 5) is 19.9. The van der Waals surface area contributed by atoms with Crippen LogP contribution in [-0.4, -0.2) is 29.0 Å². The molecule has 1 rings (SSSR count). The van der Waals surface area contributed by atoms with E-state index in [1.165, 1.54) is 0 Å².